The zero-order chi connectivity index (χ0) is 14.8. The molecule has 1 saturated heterocycles. The topological polar surface area (TPSA) is 15.3 Å². The highest BCUT2D eigenvalue weighted by molar-refractivity contribution is 5.29. The van der Waals surface area contributed by atoms with Gasteiger partial charge in [0.15, 0.2) is 0 Å². The number of alkyl halides is 3. The van der Waals surface area contributed by atoms with Gasteiger partial charge in [-0.15, -0.1) is 0 Å². The van der Waals surface area contributed by atoms with E-state index in [0.717, 1.165) is 19.6 Å². The monoisotopic (exact) mass is 286 g/mol. The van der Waals surface area contributed by atoms with Crippen molar-refractivity contribution < 1.29 is 13.2 Å². The number of halogens is 3. The van der Waals surface area contributed by atoms with Crippen LogP contribution in [-0.4, -0.2) is 30.6 Å². The Labute approximate surface area is 118 Å². The number of rotatable bonds is 3. The minimum absolute atomic E-state index is 0.282. The summed E-state index contributed by atoms with van der Waals surface area (Å²) in [5.41, 5.74) is -0.145. The maximum atomic E-state index is 13.0. The molecule has 2 rings (SSSR count). The molecular formula is C15H21F3N2. The number of nitrogens with zero attached hydrogens (tertiary/aromatic N) is 1. The summed E-state index contributed by atoms with van der Waals surface area (Å²) in [5, 5.41) is 3.31. The molecular weight excluding hydrogens is 265 g/mol. The molecule has 1 atom stereocenters. The average molecular weight is 286 g/mol. The van der Waals surface area contributed by atoms with Crippen molar-refractivity contribution in [3.8, 4) is 0 Å². The molecule has 112 valence electrons. The van der Waals surface area contributed by atoms with E-state index in [2.05, 4.69) is 24.1 Å². The van der Waals surface area contributed by atoms with Crippen LogP contribution in [-0.2, 0) is 12.7 Å². The molecule has 0 aromatic heterocycles. The van der Waals surface area contributed by atoms with Gasteiger partial charge in [0.05, 0.1) is 5.56 Å². The third kappa shape index (κ3) is 3.52. The fourth-order valence-electron chi connectivity index (χ4n) is 2.77. The number of benzene rings is 1. The first-order valence-electron chi connectivity index (χ1n) is 6.99. The Morgan fingerprint density at radius 1 is 1.30 bits per heavy atom. The van der Waals surface area contributed by atoms with Crippen molar-refractivity contribution in [3.63, 3.8) is 0 Å². The molecule has 1 fully saturated rings. The molecule has 1 N–H and O–H groups in total. The van der Waals surface area contributed by atoms with Gasteiger partial charge in [0.25, 0.3) is 0 Å². The minimum atomic E-state index is -4.28. The van der Waals surface area contributed by atoms with Crippen LogP contribution < -0.4 is 5.32 Å². The minimum Gasteiger partial charge on any atom is -0.314 e. The van der Waals surface area contributed by atoms with E-state index in [1.807, 2.05) is 0 Å². The molecule has 1 aliphatic heterocycles. The average Bonchev–Trinajstić information content (AvgIpc) is 2.38. The zero-order valence-corrected chi connectivity index (χ0v) is 11.9. The fraction of sp³-hybridized carbons (Fsp3) is 0.600. The first-order chi connectivity index (χ1) is 9.39. The molecule has 0 radical (unpaired) electrons. The highest BCUT2D eigenvalue weighted by Crippen LogP contribution is 2.32. The summed E-state index contributed by atoms with van der Waals surface area (Å²) in [5.74, 6) is 0.417. The lowest BCUT2D eigenvalue weighted by Crippen LogP contribution is -2.53. The summed E-state index contributed by atoms with van der Waals surface area (Å²) >= 11 is 0. The second kappa shape index (κ2) is 6.14. The second-order valence-electron chi connectivity index (χ2n) is 5.64. The van der Waals surface area contributed by atoms with Gasteiger partial charge in [-0.25, -0.2) is 0 Å². The van der Waals surface area contributed by atoms with Crippen LogP contribution in [0, 0.1) is 5.92 Å². The molecule has 1 aromatic rings. The van der Waals surface area contributed by atoms with Crippen molar-refractivity contribution >= 4 is 0 Å². The first-order valence-corrected chi connectivity index (χ1v) is 6.99. The summed E-state index contributed by atoms with van der Waals surface area (Å²) < 4.78 is 39.1. The van der Waals surface area contributed by atoms with Gasteiger partial charge in [0.1, 0.15) is 0 Å². The molecule has 0 spiro atoms. The zero-order valence-electron chi connectivity index (χ0n) is 11.9. The predicted octanol–water partition coefficient (Wildman–Crippen LogP) is 3.14. The van der Waals surface area contributed by atoms with Crippen molar-refractivity contribution in [2.45, 2.75) is 32.6 Å². The highest BCUT2D eigenvalue weighted by Gasteiger charge is 2.34. The lowest BCUT2D eigenvalue weighted by molar-refractivity contribution is -0.138. The van der Waals surface area contributed by atoms with Crippen LogP contribution in [0.2, 0.25) is 0 Å². The fourth-order valence-corrected chi connectivity index (χ4v) is 2.77. The van der Waals surface area contributed by atoms with E-state index in [-0.39, 0.29) is 6.04 Å². The van der Waals surface area contributed by atoms with Crippen LogP contribution in [0.1, 0.15) is 25.0 Å². The van der Waals surface area contributed by atoms with Crippen molar-refractivity contribution in [1.82, 2.24) is 10.2 Å². The number of nitrogens with one attached hydrogen (secondary N) is 1. The quantitative estimate of drug-likeness (QED) is 0.918. The Kier molecular flexibility index (Phi) is 4.70. The molecule has 1 aliphatic rings. The van der Waals surface area contributed by atoms with Crippen molar-refractivity contribution in [3.05, 3.63) is 35.4 Å². The van der Waals surface area contributed by atoms with E-state index in [1.54, 1.807) is 12.1 Å². The van der Waals surface area contributed by atoms with E-state index < -0.39 is 11.7 Å². The molecule has 5 heteroatoms. The van der Waals surface area contributed by atoms with Crippen LogP contribution in [0.25, 0.3) is 0 Å². The van der Waals surface area contributed by atoms with Crippen LogP contribution >= 0.6 is 0 Å². The standard InChI is InChI=1S/C15H21F3N2/c1-11(2)14-9-19-7-8-20(14)10-12-5-3-4-6-13(12)15(16,17)18/h3-6,11,14,19H,7-10H2,1-2H3. The van der Waals surface area contributed by atoms with Gasteiger partial charge >= 0.3 is 6.18 Å². The maximum Gasteiger partial charge on any atom is 0.416 e. The third-order valence-corrected chi connectivity index (χ3v) is 3.86. The molecule has 1 unspecified atom stereocenters. The summed E-state index contributed by atoms with van der Waals surface area (Å²) in [6, 6.07) is 6.16. The maximum absolute atomic E-state index is 13.0. The SMILES string of the molecule is CC(C)C1CNCCN1Cc1ccccc1C(F)(F)F. The Balaban J connectivity index is 2.20. The molecule has 0 aliphatic carbocycles. The van der Waals surface area contributed by atoms with Crippen LogP contribution in [0.3, 0.4) is 0 Å². The van der Waals surface area contributed by atoms with E-state index in [4.69, 9.17) is 0 Å². The van der Waals surface area contributed by atoms with Gasteiger partial charge in [-0.3, -0.25) is 4.90 Å². The summed E-state index contributed by atoms with van der Waals surface area (Å²) in [6.45, 7) is 7.04. The normalized spacial score (nSPS) is 21.4. The van der Waals surface area contributed by atoms with E-state index in [1.165, 1.54) is 12.1 Å². The van der Waals surface area contributed by atoms with Gasteiger partial charge in [-0.05, 0) is 17.5 Å². The van der Waals surface area contributed by atoms with E-state index in [0.29, 0.717) is 18.0 Å². The number of hydrogen-bond acceptors (Lipinski definition) is 2. The Morgan fingerprint density at radius 3 is 2.65 bits per heavy atom. The summed E-state index contributed by atoms with van der Waals surface area (Å²) in [4.78, 5) is 2.16. The van der Waals surface area contributed by atoms with Gasteiger partial charge in [-0.1, -0.05) is 32.0 Å². The van der Waals surface area contributed by atoms with Gasteiger partial charge in [0.2, 0.25) is 0 Å². The summed E-state index contributed by atoms with van der Waals surface area (Å²) in [7, 11) is 0. The molecule has 0 saturated carbocycles. The van der Waals surface area contributed by atoms with Gasteiger partial charge in [0, 0.05) is 32.2 Å². The van der Waals surface area contributed by atoms with Gasteiger partial charge < -0.3 is 5.32 Å². The van der Waals surface area contributed by atoms with Crippen molar-refractivity contribution in [2.75, 3.05) is 19.6 Å². The molecule has 0 amide bonds. The van der Waals surface area contributed by atoms with E-state index in [9.17, 15) is 13.2 Å². The third-order valence-electron chi connectivity index (χ3n) is 3.86. The molecule has 20 heavy (non-hydrogen) atoms. The summed E-state index contributed by atoms with van der Waals surface area (Å²) in [6.07, 6.45) is -4.28. The Hall–Kier alpha value is -1.07. The highest BCUT2D eigenvalue weighted by atomic mass is 19.4. The lowest BCUT2D eigenvalue weighted by Gasteiger charge is -2.39. The largest absolute Gasteiger partial charge is 0.416 e. The number of piperazine rings is 1. The smallest absolute Gasteiger partial charge is 0.314 e. The second-order valence-corrected chi connectivity index (χ2v) is 5.64. The Bertz CT molecular complexity index is 443. The van der Waals surface area contributed by atoms with Crippen LogP contribution in [0.4, 0.5) is 13.2 Å². The molecule has 1 heterocycles. The lowest BCUT2D eigenvalue weighted by atomic mass is 9.98. The first kappa shape index (κ1) is 15.3. The predicted molar refractivity (Wildman–Crippen MR) is 73.3 cm³/mol. The van der Waals surface area contributed by atoms with Crippen LogP contribution in [0.5, 0.6) is 0 Å². The van der Waals surface area contributed by atoms with Crippen LogP contribution in [0.15, 0.2) is 24.3 Å². The van der Waals surface area contributed by atoms with Crippen molar-refractivity contribution in [2.24, 2.45) is 5.92 Å². The molecule has 2 nitrogen and oxygen atoms in total. The van der Waals surface area contributed by atoms with E-state index >= 15 is 0 Å². The molecule has 1 aromatic carbocycles. The van der Waals surface area contributed by atoms with Crippen molar-refractivity contribution in [1.29, 1.82) is 0 Å². The Morgan fingerprint density at radius 2 is 2.00 bits per heavy atom. The molecule has 0 bridgehead atoms. The van der Waals surface area contributed by atoms with Gasteiger partial charge in [-0.2, -0.15) is 13.2 Å². The number of hydrogen-bond donors (Lipinski definition) is 1.